The molecule has 0 aliphatic heterocycles. The van der Waals surface area contributed by atoms with Crippen LogP contribution in [0.5, 0.6) is 0 Å². The predicted octanol–water partition coefficient (Wildman–Crippen LogP) is 3.98. The molecule has 1 rings (SSSR count). The van der Waals surface area contributed by atoms with Crippen LogP contribution in [0.15, 0.2) is 48.0 Å². The molecule has 0 aliphatic rings. The lowest BCUT2D eigenvalue weighted by Gasteiger charge is -2.19. The normalized spacial score (nSPS) is 13.5. The minimum atomic E-state index is -3.33. The zero-order valence-electron chi connectivity index (χ0n) is 13.3. The number of halogens is 3. The van der Waals surface area contributed by atoms with Gasteiger partial charge in [-0.05, 0) is 12.7 Å². The summed E-state index contributed by atoms with van der Waals surface area (Å²) in [5.74, 6) is -3.98. The minimum Gasteiger partial charge on any atom is -0.482 e. The van der Waals surface area contributed by atoms with Crippen molar-refractivity contribution < 1.29 is 23.2 Å². The van der Waals surface area contributed by atoms with E-state index in [0.717, 1.165) is 5.37 Å². The van der Waals surface area contributed by atoms with E-state index in [9.17, 15) is 18.5 Å². The molecule has 1 atom stereocenters. The van der Waals surface area contributed by atoms with E-state index in [0.29, 0.717) is 5.31 Å². The number of rotatable bonds is 9. The molecule has 0 aliphatic carbocycles. The lowest BCUT2D eigenvalue weighted by atomic mass is 10.1. The second kappa shape index (κ2) is 9.92. The number of allylic oxidation sites excluding steroid dienone is 3. The fraction of sp³-hybridized carbons (Fsp3) is 0.250. The SMILES string of the molecule is C=C/C(=C(\C=S)OCC(=O)NCC(F)(F)c1ccccc1Cl)P(C)O. The summed E-state index contributed by atoms with van der Waals surface area (Å²) in [4.78, 5) is 21.4. The van der Waals surface area contributed by atoms with Crippen LogP contribution < -0.4 is 5.32 Å². The van der Waals surface area contributed by atoms with E-state index in [-0.39, 0.29) is 16.3 Å². The smallest absolute Gasteiger partial charge is 0.291 e. The largest absolute Gasteiger partial charge is 0.482 e. The molecule has 1 amide bonds. The maximum absolute atomic E-state index is 14.1. The number of hydrogen-bond acceptors (Lipinski definition) is 4. The third-order valence-electron chi connectivity index (χ3n) is 3.04. The Morgan fingerprint density at radius 3 is 2.68 bits per heavy atom. The second-order valence-electron chi connectivity index (χ2n) is 4.84. The number of benzene rings is 1. The number of thiocarbonyl (C=S) groups is 1. The van der Waals surface area contributed by atoms with Crippen LogP contribution in [0.3, 0.4) is 0 Å². The maximum Gasteiger partial charge on any atom is 0.291 e. The molecule has 9 heteroatoms. The molecule has 1 unspecified atom stereocenters. The van der Waals surface area contributed by atoms with Crippen molar-refractivity contribution in [3.8, 4) is 0 Å². The molecule has 2 N–H and O–H groups in total. The predicted molar refractivity (Wildman–Crippen MR) is 100 cm³/mol. The Hall–Kier alpha value is -1.40. The summed E-state index contributed by atoms with van der Waals surface area (Å²) in [6.07, 6.45) is 1.37. The van der Waals surface area contributed by atoms with Gasteiger partial charge in [0.05, 0.1) is 14.7 Å². The highest BCUT2D eigenvalue weighted by Gasteiger charge is 2.34. The molecule has 0 bridgehead atoms. The summed E-state index contributed by atoms with van der Waals surface area (Å²) in [6.45, 7) is 3.62. The van der Waals surface area contributed by atoms with Crippen LogP contribution in [0.1, 0.15) is 5.56 Å². The Labute approximate surface area is 156 Å². The van der Waals surface area contributed by atoms with Gasteiger partial charge < -0.3 is 14.9 Å². The molecule has 25 heavy (non-hydrogen) atoms. The number of amides is 1. The van der Waals surface area contributed by atoms with Gasteiger partial charge >= 0.3 is 0 Å². The van der Waals surface area contributed by atoms with E-state index < -0.39 is 33.1 Å². The van der Waals surface area contributed by atoms with Crippen molar-refractivity contribution in [2.45, 2.75) is 5.92 Å². The Balaban J connectivity index is 2.67. The number of carbonyl (C=O) groups is 1. The maximum atomic E-state index is 14.1. The van der Waals surface area contributed by atoms with Crippen LogP contribution in [0.25, 0.3) is 0 Å². The molecule has 0 radical (unpaired) electrons. The van der Waals surface area contributed by atoms with Crippen molar-refractivity contribution in [2.75, 3.05) is 19.8 Å². The van der Waals surface area contributed by atoms with E-state index >= 15 is 0 Å². The molecule has 0 saturated carbocycles. The minimum absolute atomic E-state index is 0.0844. The highest BCUT2D eigenvalue weighted by molar-refractivity contribution is 7.79. The molecular formula is C16H17ClF2NO3PS. The second-order valence-corrected chi connectivity index (χ2v) is 7.02. The average molecular weight is 408 g/mol. The lowest BCUT2D eigenvalue weighted by Crippen LogP contribution is -2.37. The zero-order valence-corrected chi connectivity index (χ0v) is 15.8. The summed E-state index contributed by atoms with van der Waals surface area (Å²) in [5.41, 5.74) is -0.372. The van der Waals surface area contributed by atoms with E-state index in [1.54, 1.807) is 6.66 Å². The molecule has 0 spiro atoms. The Bertz CT molecular complexity index is 683. The number of carbonyl (C=O) groups excluding carboxylic acids is 1. The molecule has 0 heterocycles. The lowest BCUT2D eigenvalue weighted by molar-refractivity contribution is -0.126. The van der Waals surface area contributed by atoms with Gasteiger partial charge in [0.1, 0.15) is 5.76 Å². The molecule has 0 fully saturated rings. The quantitative estimate of drug-likeness (QED) is 0.214. The van der Waals surface area contributed by atoms with Crippen molar-refractivity contribution in [1.29, 1.82) is 0 Å². The Kier molecular flexibility index (Phi) is 8.59. The fourth-order valence-corrected chi connectivity index (χ4v) is 3.09. The van der Waals surface area contributed by atoms with Gasteiger partial charge in [0.15, 0.2) is 6.61 Å². The van der Waals surface area contributed by atoms with Crippen LogP contribution in [0.2, 0.25) is 5.02 Å². The Morgan fingerprint density at radius 2 is 2.16 bits per heavy atom. The van der Waals surface area contributed by atoms with Gasteiger partial charge in [0.25, 0.3) is 11.8 Å². The van der Waals surface area contributed by atoms with Crippen LogP contribution in [0.4, 0.5) is 8.78 Å². The van der Waals surface area contributed by atoms with Gasteiger partial charge in [-0.25, -0.2) is 0 Å². The average Bonchev–Trinajstić information content (AvgIpc) is 2.56. The standard InChI is InChI=1S/C16H17ClF2NO3PS/c1-3-14(24(2)22)13(9-25)23-8-15(21)20-10-16(18,19)11-6-4-5-7-12(11)17/h3-7,9,22H,1,8,10H2,2H3,(H,20,21)/b14-13-. The number of ether oxygens (including phenoxy) is 1. The molecular weight excluding hydrogens is 391 g/mol. The van der Waals surface area contributed by atoms with Crippen molar-refractivity contribution >= 4 is 43.2 Å². The van der Waals surface area contributed by atoms with Gasteiger partial charge in [-0.1, -0.05) is 54.7 Å². The fourth-order valence-electron chi connectivity index (χ4n) is 1.82. The molecule has 0 aromatic heterocycles. The monoisotopic (exact) mass is 407 g/mol. The van der Waals surface area contributed by atoms with Crippen LogP contribution in [0, 0.1) is 0 Å². The van der Waals surface area contributed by atoms with Crippen LogP contribution >= 0.6 is 32.0 Å². The topological polar surface area (TPSA) is 58.6 Å². The Morgan fingerprint density at radius 1 is 1.52 bits per heavy atom. The number of hydrogen-bond donors (Lipinski definition) is 2. The van der Waals surface area contributed by atoms with Gasteiger partial charge in [-0.15, -0.1) is 0 Å². The highest BCUT2D eigenvalue weighted by atomic mass is 35.5. The molecule has 136 valence electrons. The van der Waals surface area contributed by atoms with Crippen LogP contribution in [-0.4, -0.2) is 36.0 Å². The van der Waals surface area contributed by atoms with E-state index in [2.05, 4.69) is 11.9 Å². The summed E-state index contributed by atoms with van der Waals surface area (Å²) in [6, 6.07) is 5.51. The van der Waals surface area contributed by atoms with Crippen molar-refractivity contribution in [1.82, 2.24) is 5.32 Å². The molecule has 0 saturated heterocycles. The van der Waals surface area contributed by atoms with E-state index in [1.165, 1.54) is 30.3 Å². The summed E-state index contributed by atoms with van der Waals surface area (Å²) in [5, 5.41) is 3.51. The van der Waals surface area contributed by atoms with Gasteiger partial charge in [-0.2, -0.15) is 8.78 Å². The zero-order chi connectivity index (χ0) is 19.0. The first-order valence-electron chi connectivity index (χ1n) is 6.99. The molecule has 1 aromatic carbocycles. The third-order valence-corrected chi connectivity index (χ3v) is 4.68. The van der Waals surface area contributed by atoms with Gasteiger partial charge in [-0.3, -0.25) is 4.79 Å². The first kappa shape index (κ1) is 21.6. The molecule has 4 nitrogen and oxygen atoms in total. The first-order valence-corrected chi connectivity index (χ1v) is 9.59. The van der Waals surface area contributed by atoms with Gasteiger partial charge in [0, 0.05) is 21.3 Å². The van der Waals surface area contributed by atoms with Crippen molar-refractivity contribution in [2.24, 2.45) is 0 Å². The number of nitrogens with one attached hydrogen (secondary N) is 1. The third kappa shape index (κ3) is 6.44. The number of alkyl halides is 2. The summed E-state index contributed by atoms with van der Waals surface area (Å²) >= 11 is 10.5. The van der Waals surface area contributed by atoms with Gasteiger partial charge in [0.2, 0.25) is 0 Å². The highest BCUT2D eigenvalue weighted by Crippen LogP contribution is 2.38. The summed E-state index contributed by atoms with van der Waals surface area (Å²) in [7, 11) is -1.53. The van der Waals surface area contributed by atoms with E-state index in [1.807, 2.05) is 0 Å². The van der Waals surface area contributed by atoms with Crippen molar-refractivity contribution in [3.05, 3.63) is 58.6 Å². The van der Waals surface area contributed by atoms with Crippen LogP contribution in [-0.2, 0) is 15.5 Å². The van der Waals surface area contributed by atoms with Crippen molar-refractivity contribution in [3.63, 3.8) is 0 Å². The first-order chi connectivity index (χ1) is 11.7. The molecule has 1 aromatic rings. The summed E-state index contributed by atoms with van der Waals surface area (Å²) < 4.78 is 33.4. The van der Waals surface area contributed by atoms with E-state index in [4.69, 9.17) is 28.6 Å².